The zero-order valence-corrected chi connectivity index (χ0v) is 81.0. The number of benzene rings is 23. The van der Waals surface area contributed by atoms with Crippen molar-refractivity contribution in [2.75, 3.05) is 19.6 Å². The quantitative estimate of drug-likeness (QED) is 0.0924. The number of rotatable bonds is 15. The molecular formula is C135H87N7O3S2. The predicted molar refractivity (Wildman–Crippen MR) is 617 cm³/mol. The van der Waals surface area contributed by atoms with Gasteiger partial charge in [-0.05, 0) is 270 Å². The van der Waals surface area contributed by atoms with Crippen LogP contribution in [0.4, 0.5) is 62.6 Å². The van der Waals surface area contributed by atoms with E-state index in [-0.39, 0.29) is 6.04 Å². The van der Waals surface area contributed by atoms with Crippen molar-refractivity contribution in [3.8, 4) is 56.6 Å². The molecule has 692 valence electrons. The molecule has 0 N–H and O–H groups in total. The monoisotopic (exact) mass is 1920 g/mol. The smallest absolute Gasteiger partial charge is 0.227 e. The molecule has 0 amide bonds. The van der Waals surface area contributed by atoms with E-state index >= 15 is 0 Å². The first-order valence-electron chi connectivity index (χ1n) is 49.7. The van der Waals surface area contributed by atoms with Gasteiger partial charge >= 0.3 is 0 Å². The second-order valence-electron chi connectivity index (χ2n) is 37.5. The second-order valence-corrected chi connectivity index (χ2v) is 39.7. The van der Waals surface area contributed by atoms with Gasteiger partial charge < -0.3 is 32.9 Å². The molecule has 1 aliphatic carbocycles. The summed E-state index contributed by atoms with van der Waals surface area (Å²) in [5.74, 6) is 2.20. The largest absolute Gasteiger partial charge is 0.435 e. The molecule has 0 saturated heterocycles. The van der Waals surface area contributed by atoms with Gasteiger partial charge in [0.2, 0.25) is 17.7 Å². The average molecular weight is 1920 g/mol. The third-order valence-electron chi connectivity index (χ3n) is 28.9. The van der Waals surface area contributed by atoms with Crippen LogP contribution in [-0.4, -0.2) is 21.0 Å². The van der Waals surface area contributed by atoms with Crippen LogP contribution in [0.5, 0.6) is 0 Å². The van der Waals surface area contributed by atoms with Gasteiger partial charge in [-0.15, -0.1) is 22.7 Å². The highest BCUT2D eigenvalue weighted by Crippen LogP contribution is 2.54. The van der Waals surface area contributed by atoms with E-state index in [1.807, 2.05) is 114 Å². The van der Waals surface area contributed by atoms with Crippen LogP contribution in [-0.2, 0) is 0 Å². The van der Waals surface area contributed by atoms with Crippen molar-refractivity contribution in [1.82, 2.24) is 15.0 Å². The van der Waals surface area contributed by atoms with Gasteiger partial charge in [-0.2, -0.15) is 0 Å². The fourth-order valence-corrected chi connectivity index (χ4v) is 24.2. The van der Waals surface area contributed by atoms with Gasteiger partial charge in [0, 0.05) is 136 Å². The summed E-state index contributed by atoms with van der Waals surface area (Å²) in [5, 5.41) is 18.5. The highest BCUT2D eigenvalue weighted by atomic mass is 32.1. The molecule has 2 atom stereocenters. The number of aromatic nitrogens is 3. The van der Waals surface area contributed by atoms with Crippen molar-refractivity contribution < 1.29 is 13.3 Å². The number of fused-ring (bicyclic) bond motifs is 24. The number of oxazole rings is 3. The van der Waals surface area contributed by atoms with Crippen LogP contribution in [0.2, 0.25) is 0 Å². The number of anilines is 11. The maximum atomic E-state index is 6.57. The maximum Gasteiger partial charge on any atom is 0.227 e. The van der Waals surface area contributed by atoms with Crippen LogP contribution in [0.3, 0.4) is 0 Å². The third kappa shape index (κ3) is 15.4. The normalized spacial score (nSPS) is 13.2. The molecule has 0 fully saturated rings. The Morgan fingerprint density at radius 3 is 1.05 bits per heavy atom. The Balaban J connectivity index is 0.000000107. The predicted octanol–water partition coefficient (Wildman–Crippen LogP) is 38.6. The fraction of sp³-hybridized carbons (Fsp3) is 0.0148. The fourth-order valence-electron chi connectivity index (χ4n) is 22.0. The lowest BCUT2D eigenvalue weighted by molar-refractivity contribution is 0.623. The van der Waals surface area contributed by atoms with Crippen LogP contribution < -0.4 is 19.6 Å². The summed E-state index contributed by atoms with van der Waals surface area (Å²) in [4.78, 5) is 24.3. The molecule has 0 bridgehead atoms. The molecule has 10 nitrogen and oxygen atoms in total. The van der Waals surface area contributed by atoms with E-state index in [0.29, 0.717) is 23.6 Å². The number of allylic oxidation sites excluding steroid dienone is 2. The molecule has 28 aromatic rings. The minimum atomic E-state index is 0.236. The zero-order valence-electron chi connectivity index (χ0n) is 79.4. The van der Waals surface area contributed by atoms with Crippen LogP contribution in [0.25, 0.3) is 195 Å². The van der Waals surface area contributed by atoms with Gasteiger partial charge in [0.25, 0.3) is 0 Å². The average Bonchev–Trinajstić information content (AvgIpc) is 1.70. The molecule has 2 unspecified atom stereocenters. The van der Waals surface area contributed by atoms with Gasteiger partial charge in [-0.3, -0.25) is 0 Å². The molecule has 5 aromatic heterocycles. The van der Waals surface area contributed by atoms with Crippen LogP contribution in [0, 0.1) is 0 Å². The molecule has 0 radical (unpaired) electrons. The zero-order chi connectivity index (χ0) is 96.9. The number of hydrogen-bond donors (Lipinski definition) is 0. The van der Waals surface area contributed by atoms with E-state index in [1.165, 1.54) is 79.5 Å². The molecule has 23 aromatic carbocycles. The Hall–Kier alpha value is -18.9. The summed E-state index contributed by atoms with van der Waals surface area (Å²) in [5.41, 5.74) is 26.3. The Morgan fingerprint density at radius 2 is 0.558 bits per heavy atom. The molecular weight excluding hydrogens is 1830 g/mol. The maximum absolute atomic E-state index is 6.57. The van der Waals surface area contributed by atoms with Gasteiger partial charge in [0.1, 0.15) is 16.6 Å². The van der Waals surface area contributed by atoms with Crippen molar-refractivity contribution in [3.05, 3.63) is 521 Å². The summed E-state index contributed by atoms with van der Waals surface area (Å²) in [7, 11) is 0. The summed E-state index contributed by atoms with van der Waals surface area (Å²) in [6.07, 6.45) is 9.02. The van der Waals surface area contributed by atoms with E-state index in [2.05, 4.69) is 444 Å². The second kappa shape index (κ2) is 36.3. The molecule has 6 heterocycles. The number of thiophene rings is 2. The first kappa shape index (κ1) is 86.1. The van der Waals surface area contributed by atoms with Gasteiger partial charge in [0.05, 0.1) is 11.7 Å². The van der Waals surface area contributed by atoms with E-state index in [4.69, 9.17) is 28.2 Å². The highest BCUT2D eigenvalue weighted by molar-refractivity contribution is 7.26. The van der Waals surface area contributed by atoms with Crippen molar-refractivity contribution in [2.24, 2.45) is 0 Å². The Labute approximate surface area is 854 Å². The highest BCUT2D eigenvalue weighted by Gasteiger charge is 2.38. The summed E-state index contributed by atoms with van der Waals surface area (Å²) >= 11 is 3.69. The summed E-state index contributed by atoms with van der Waals surface area (Å²) in [6, 6.07) is 175. The number of hydrogen-bond acceptors (Lipinski definition) is 12. The lowest BCUT2D eigenvalue weighted by atomic mass is 9.91. The lowest BCUT2D eigenvalue weighted by Gasteiger charge is -2.30. The third-order valence-corrected chi connectivity index (χ3v) is 31.2. The Bertz CT molecular complexity index is 10000. The van der Waals surface area contributed by atoms with Gasteiger partial charge in [-0.25, -0.2) is 15.0 Å². The Kier molecular flexibility index (Phi) is 21.2. The Morgan fingerprint density at radius 1 is 0.224 bits per heavy atom. The number of para-hydroxylation sites is 2. The molecule has 12 heteroatoms. The van der Waals surface area contributed by atoms with Gasteiger partial charge in [-0.1, -0.05) is 322 Å². The molecule has 0 spiro atoms. The molecule has 0 saturated carbocycles. The van der Waals surface area contributed by atoms with E-state index in [1.54, 1.807) is 0 Å². The first-order valence-corrected chi connectivity index (χ1v) is 51.3. The van der Waals surface area contributed by atoms with Crippen molar-refractivity contribution >= 4 is 224 Å². The number of nitrogens with zero attached hydrogens (tertiary/aromatic N) is 7. The van der Waals surface area contributed by atoms with Crippen molar-refractivity contribution in [1.29, 1.82) is 0 Å². The molecule has 1 aliphatic heterocycles. The van der Waals surface area contributed by atoms with Crippen LogP contribution in [0.15, 0.2) is 529 Å². The molecule has 147 heavy (non-hydrogen) atoms. The first-order chi connectivity index (χ1) is 72.8. The van der Waals surface area contributed by atoms with Crippen LogP contribution in [0.1, 0.15) is 11.5 Å². The lowest BCUT2D eigenvalue weighted by Crippen LogP contribution is -2.28. The molecule has 30 rings (SSSR count). The summed E-state index contributed by atoms with van der Waals surface area (Å²) < 4.78 is 24.8. The topological polar surface area (TPSA) is 91.1 Å². The van der Waals surface area contributed by atoms with Crippen molar-refractivity contribution in [3.63, 3.8) is 0 Å². The van der Waals surface area contributed by atoms with Crippen molar-refractivity contribution in [2.45, 2.75) is 12.0 Å². The van der Waals surface area contributed by atoms with Crippen LogP contribution >= 0.6 is 22.7 Å². The minimum Gasteiger partial charge on any atom is -0.435 e. The van der Waals surface area contributed by atoms with E-state index in [0.717, 1.165) is 166 Å². The standard InChI is InChI=1S/C45H31N3O.2C45H28N2OS/c1-4-12-32(13-5-1)45-46-40-27-23-31-21-20-30-22-24-35(28-39(30)43(31)44(40)49-45)47(33-14-6-2-7-15-33)36-25-26-38-37-18-10-11-19-41(37)48(42(38)29-36)34-16-8-3-9-17-34;1-3-10-29(11-4-1)30-20-24-34(25-21-30)47(39-15-9-17-41-43(39)36-14-7-8-16-40(36)49-41)35-26-22-31-18-19-32-23-27-38-44(42(32)37(31)28-35)48-45(46-38)33-12-5-2-6-13-33;1-3-9-29(10-4-1)30-17-21-34(22-18-30)47(36-24-26-42-39(28-36)37-13-7-8-14-41(37)49-42)35-23-19-31-15-16-32-20-25-40-44(43(32)38(31)27-35)48-45(46-40)33-11-5-2-6-12-33/h1-29,37,41H;2*1-28H. The molecule has 2 aliphatic rings. The minimum absolute atomic E-state index is 0.236. The van der Waals surface area contributed by atoms with Gasteiger partial charge in [0.15, 0.2) is 16.7 Å². The summed E-state index contributed by atoms with van der Waals surface area (Å²) in [6.45, 7) is 0. The SMILES string of the molecule is C1=CC2c3ccc(N(c4ccccc4)c4ccc5ccc6ccc7nc(-c8ccccc8)oc7c6c5c4)cc3N(c3ccccc3)C2C=C1.c1ccc(-c2ccc(N(c3ccc4ccc5ccc6nc(-c7ccccc7)oc6c5c4c3)c3cccc4sc5ccccc5c34)cc2)cc1.c1ccc(-c2ccc(N(c3ccc4sc5ccccc5c4c3)c3ccc4ccc5ccc6nc(-c7ccccc7)oc6c5c4c3)cc2)cc1. The van der Waals surface area contributed by atoms with E-state index < -0.39 is 0 Å². The van der Waals surface area contributed by atoms with E-state index in [9.17, 15) is 0 Å².